The van der Waals surface area contributed by atoms with Crippen LogP contribution in [0, 0.1) is 0 Å². The molecule has 1 aromatic carbocycles. The number of nitrogens with zero attached hydrogens (tertiary/aromatic N) is 2. The lowest BCUT2D eigenvalue weighted by molar-refractivity contribution is 0.0996. The predicted octanol–water partition coefficient (Wildman–Crippen LogP) is 3.26. The van der Waals surface area contributed by atoms with Gasteiger partial charge in [0.15, 0.2) is 0 Å². The first-order valence-corrected chi connectivity index (χ1v) is 6.50. The van der Waals surface area contributed by atoms with E-state index in [2.05, 4.69) is 9.55 Å². The van der Waals surface area contributed by atoms with Gasteiger partial charge in [0.2, 0.25) is 0 Å². The molecule has 6 heteroatoms. The molecular formula is C15H13Cl2N3O. The summed E-state index contributed by atoms with van der Waals surface area (Å²) >= 11 is 5.99. The molecule has 2 N–H and O–H groups in total. The van der Waals surface area contributed by atoms with Crippen molar-refractivity contribution < 1.29 is 4.79 Å². The number of nitrogens with two attached hydrogens (primary N) is 1. The summed E-state index contributed by atoms with van der Waals surface area (Å²) in [6.07, 6.45) is 3.62. The molecule has 0 spiro atoms. The fraction of sp³-hybridized carbons (Fsp3) is 0.0667. The number of amides is 1. The minimum atomic E-state index is -0.519. The van der Waals surface area contributed by atoms with Crippen molar-refractivity contribution in [2.45, 2.75) is 6.54 Å². The smallest absolute Gasteiger partial charge is 0.267 e. The van der Waals surface area contributed by atoms with E-state index in [1.807, 2.05) is 36.5 Å². The standard InChI is InChI=1S/C15H12ClN3O.ClH/c16-12-3-1-2-10(6-12)9-19-5-4-11-7-13(15(17)20)18-8-14(11)19;/h1-8H,9H2,(H2,17,20);1H. The van der Waals surface area contributed by atoms with Gasteiger partial charge in [0, 0.05) is 23.2 Å². The van der Waals surface area contributed by atoms with E-state index in [4.69, 9.17) is 17.3 Å². The number of benzene rings is 1. The van der Waals surface area contributed by atoms with Crippen molar-refractivity contribution in [3.8, 4) is 0 Å². The van der Waals surface area contributed by atoms with Gasteiger partial charge in [-0.05, 0) is 29.8 Å². The number of carbonyl (C=O) groups is 1. The second-order valence-electron chi connectivity index (χ2n) is 4.57. The van der Waals surface area contributed by atoms with Crippen LogP contribution in [0.4, 0.5) is 0 Å². The number of hydrogen-bond acceptors (Lipinski definition) is 2. The van der Waals surface area contributed by atoms with Crippen LogP contribution in [0.5, 0.6) is 0 Å². The van der Waals surface area contributed by atoms with Crippen LogP contribution in [0.3, 0.4) is 0 Å². The van der Waals surface area contributed by atoms with Crippen molar-refractivity contribution in [1.82, 2.24) is 9.55 Å². The molecular weight excluding hydrogens is 309 g/mol. The molecule has 0 unspecified atom stereocenters. The monoisotopic (exact) mass is 321 g/mol. The van der Waals surface area contributed by atoms with Crippen molar-refractivity contribution in [3.63, 3.8) is 0 Å². The number of halogens is 2. The fourth-order valence-corrected chi connectivity index (χ4v) is 2.41. The molecule has 4 nitrogen and oxygen atoms in total. The van der Waals surface area contributed by atoms with Crippen LogP contribution in [0.2, 0.25) is 5.02 Å². The average molecular weight is 322 g/mol. The van der Waals surface area contributed by atoms with Crippen LogP contribution in [0.15, 0.2) is 48.8 Å². The first kappa shape index (κ1) is 15.4. The Hall–Kier alpha value is -2.04. The molecule has 1 amide bonds. The van der Waals surface area contributed by atoms with E-state index in [1.54, 1.807) is 12.3 Å². The molecule has 0 aliphatic carbocycles. The quantitative estimate of drug-likeness (QED) is 0.804. The summed E-state index contributed by atoms with van der Waals surface area (Å²) in [5.74, 6) is -0.519. The van der Waals surface area contributed by atoms with Crippen molar-refractivity contribution in [2.75, 3.05) is 0 Å². The lowest BCUT2D eigenvalue weighted by Gasteiger charge is -2.06. The SMILES string of the molecule is Cl.NC(=O)c1cc2ccn(Cc3cccc(Cl)c3)c2cn1. The normalized spacial score (nSPS) is 10.3. The van der Waals surface area contributed by atoms with E-state index in [0.29, 0.717) is 11.6 Å². The van der Waals surface area contributed by atoms with Crippen molar-refractivity contribution in [1.29, 1.82) is 0 Å². The zero-order valence-electron chi connectivity index (χ0n) is 11.0. The summed E-state index contributed by atoms with van der Waals surface area (Å²) in [6, 6.07) is 11.4. The molecule has 0 saturated carbocycles. The van der Waals surface area contributed by atoms with Crippen LogP contribution in [-0.4, -0.2) is 15.5 Å². The van der Waals surface area contributed by atoms with Crippen molar-refractivity contribution in [2.24, 2.45) is 5.73 Å². The van der Waals surface area contributed by atoms with E-state index < -0.39 is 5.91 Å². The van der Waals surface area contributed by atoms with Gasteiger partial charge >= 0.3 is 0 Å². The second-order valence-corrected chi connectivity index (χ2v) is 5.00. The Morgan fingerprint density at radius 2 is 2.10 bits per heavy atom. The molecule has 3 aromatic rings. The van der Waals surface area contributed by atoms with Crippen molar-refractivity contribution in [3.05, 3.63) is 65.1 Å². The van der Waals surface area contributed by atoms with Gasteiger partial charge in [-0.1, -0.05) is 23.7 Å². The molecule has 0 aliphatic rings. The van der Waals surface area contributed by atoms with E-state index in [-0.39, 0.29) is 18.1 Å². The predicted molar refractivity (Wildman–Crippen MR) is 86.1 cm³/mol. The number of hydrogen-bond donors (Lipinski definition) is 1. The van der Waals surface area contributed by atoms with Crippen LogP contribution >= 0.6 is 24.0 Å². The number of primary amides is 1. The molecule has 0 bridgehead atoms. The molecule has 0 aliphatic heterocycles. The van der Waals surface area contributed by atoms with Crippen LogP contribution in [-0.2, 0) is 6.54 Å². The van der Waals surface area contributed by atoms with Gasteiger partial charge in [0.25, 0.3) is 5.91 Å². The first-order valence-electron chi connectivity index (χ1n) is 6.12. The summed E-state index contributed by atoms with van der Waals surface area (Å²) < 4.78 is 2.05. The van der Waals surface area contributed by atoms with Crippen molar-refractivity contribution >= 4 is 40.8 Å². The highest BCUT2D eigenvalue weighted by Crippen LogP contribution is 2.18. The minimum Gasteiger partial charge on any atom is -0.364 e. The lowest BCUT2D eigenvalue weighted by Crippen LogP contribution is -2.12. The summed E-state index contributed by atoms with van der Waals surface area (Å²) in [5, 5.41) is 1.66. The molecule has 3 rings (SSSR count). The van der Waals surface area contributed by atoms with Crippen LogP contribution in [0.1, 0.15) is 16.1 Å². The Morgan fingerprint density at radius 1 is 1.29 bits per heavy atom. The highest BCUT2D eigenvalue weighted by Gasteiger charge is 2.07. The van der Waals surface area contributed by atoms with Gasteiger partial charge in [-0.25, -0.2) is 4.98 Å². The molecule has 0 fully saturated rings. The van der Waals surface area contributed by atoms with Gasteiger partial charge in [-0.3, -0.25) is 4.79 Å². The summed E-state index contributed by atoms with van der Waals surface area (Å²) in [7, 11) is 0. The molecule has 0 radical (unpaired) electrons. The molecule has 0 atom stereocenters. The van der Waals surface area contributed by atoms with E-state index in [9.17, 15) is 4.79 Å². The Morgan fingerprint density at radius 3 is 2.81 bits per heavy atom. The number of aromatic nitrogens is 2. The number of pyridine rings is 1. The molecule has 108 valence electrons. The van der Waals surface area contributed by atoms with Crippen LogP contribution in [0.25, 0.3) is 10.9 Å². The maximum atomic E-state index is 11.1. The molecule has 0 saturated heterocycles. The zero-order chi connectivity index (χ0) is 14.1. The van der Waals surface area contributed by atoms with Gasteiger partial charge < -0.3 is 10.3 Å². The molecule has 2 heterocycles. The number of rotatable bonds is 3. The molecule has 21 heavy (non-hydrogen) atoms. The third-order valence-electron chi connectivity index (χ3n) is 3.15. The highest BCUT2D eigenvalue weighted by molar-refractivity contribution is 6.30. The van der Waals surface area contributed by atoms with Gasteiger partial charge in [-0.15, -0.1) is 12.4 Å². The summed E-state index contributed by atoms with van der Waals surface area (Å²) in [5.41, 5.74) is 7.56. The first-order chi connectivity index (χ1) is 9.63. The fourth-order valence-electron chi connectivity index (χ4n) is 2.19. The van der Waals surface area contributed by atoms with Gasteiger partial charge in [-0.2, -0.15) is 0 Å². The Labute approximate surface area is 132 Å². The number of fused-ring (bicyclic) bond motifs is 1. The minimum absolute atomic E-state index is 0. The zero-order valence-corrected chi connectivity index (χ0v) is 12.6. The summed E-state index contributed by atoms with van der Waals surface area (Å²) in [4.78, 5) is 15.2. The third kappa shape index (κ3) is 3.17. The highest BCUT2D eigenvalue weighted by atomic mass is 35.5. The maximum absolute atomic E-state index is 11.1. The van der Waals surface area contributed by atoms with Gasteiger partial charge in [0.1, 0.15) is 5.69 Å². The third-order valence-corrected chi connectivity index (χ3v) is 3.39. The molecule has 2 aromatic heterocycles. The largest absolute Gasteiger partial charge is 0.364 e. The Kier molecular flexibility index (Phi) is 4.50. The summed E-state index contributed by atoms with van der Waals surface area (Å²) in [6.45, 7) is 0.696. The topological polar surface area (TPSA) is 60.9 Å². The van der Waals surface area contributed by atoms with Gasteiger partial charge in [0.05, 0.1) is 11.7 Å². The lowest BCUT2D eigenvalue weighted by atomic mass is 10.2. The van der Waals surface area contributed by atoms with E-state index >= 15 is 0 Å². The number of carbonyl (C=O) groups excluding carboxylic acids is 1. The maximum Gasteiger partial charge on any atom is 0.267 e. The second kappa shape index (κ2) is 6.16. The van der Waals surface area contributed by atoms with Crippen LogP contribution < -0.4 is 5.73 Å². The van der Waals surface area contributed by atoms with E-state index in [1.165, 1.54) is 0 Å². The van der Waals surface area contributed by atoms with E-state index in [0.717, 1.165) is 16.5 Å². The Bertz CT molecular complexity index is 798. The Balaban J connectivity index is 0.00000161. The average Bonchev–Trinajstić information content (AvgIpc) is 2.81.